The Kier molecular flexibility index (Phi) is 5.57. The van der Waals surface area contributed by atoms with E-state index in [9.17, 15) is 4.79 Å². The van der Waals surface area contributed by atoms with Gasteiger partial charge in [0, 0.05) is 6.42 Å². The zero-order valence-corrected chi connectivity index (χ0v) is 12.8. The topological polar surface area (TPSA) is 72.5 Å². The van der Waals surface area contributed by atoms with E-state index in [1.54, 1.807) is 0 Å². The van der Waals surface area contributed by atoms with Crippen LogP contribution in [0, 0.1) is 0 Å². The molecule has 0 aliphatic heterocycles. The van der Waals surface area contributed by atoms with E-state index in [0.29, 0.717) is 13.0 Å². The fraction of sp³-hybridized carbons (Fsp3) is 0.562. The van der Waals surface area contributed by atoms with Crippen molar-refractivity contribution in [1.29, 1.82) is 0 Å². The van der Waals surface area contributed by atoms with Gasteiger partial charge < -0.3 is 15.6 Å². The van der Waals surface area contributed by atoms with Gasteiger partial charge in [-0.2, -0.15) is 0 Å². The van der Waals surface area contributed by atoms with Gasteiger partial charge in [-0.3, -0.25) is 4.79 Å². The number of aliphatic carboxylic acids is 1. The van der Waals surface area contributed by atoms with Crippen molar-refractivity contribution in [1.82, 2.24) is 0 Å². The number of aryl methyl sites for hydroxylation is 1. The van der Waals surface area contributed by atoms with Crippen LogP contribution in [0.15, 0.2) is 18.2 Å². The predicted octanol–water partition coefficient (Wildman–Crippen LogP) is 2.73. The Morgan fingerprint density at radius 1 is 1.40 bits per heavy atom. The quantitative estimate of drug-likeness (QED) is 0.839. The molecule has 0 aromatic heterocycles. The van der Waals surface area contributed by atoms with Crippen LogP contribution in [0.25, 0.3) is 0 Å². The monoisotopic (exact) mass is 279 g/mol. The van der Waals surface area contributed by atoms with Gasteiger partial charge >= 0.3 is 5.97 Å². The lowest BCUT2D eigenvalue weighted by Gasteiger charge is -2.24. The third kappa shape index (κ3) is 4.53. The number of benzene rings is 1. The molecule has 0 aliphatic carbocycles. The van der Waals surface area contributed by atoms with Gasteiger partial charge in [0.1, 0.15) is 11.8 Å². The molecule has 0 radical (unpaired) electrons. The van der Waals surface area contributed by atoms with Crippen LogP contribution in [0.1, 0.15) is 45.2 Å². The highest BCUT2D eigenvalue weighted by Crippen LogP contribution is 2.32. The minimum atomic E-state index is -0.994. The molecule has 0 fully saturated rings. The number of carboxylic acids is 1. The molecule has 0 aliphatic rings. The molecule has 3 N–H and O–H groups in total. The van der Waals surface area contributed by atoms with Crippen LogP contribution in [-0.4, -0.2) is 23.7 Å². The molecule has 1 atom stereocenters. The Balaban J connectivity index is 2.81. The van der Waals surface area contributed by atoms with Gasteiger partial charge in [0.25, 0.3) is 0 Å². The second-order valence-corrected chi connectivity index (χ2v) is 6.02. The molecule has 1 rings (SSSR count). The molecule has 4 heteroatoms. The molecule has 0 amide bonds. The maximum atomic E-state index is 10.7. The maximum absolute atomic E-state index is 10.7. The highest BCUT2D eigenvalue weighted by Gasteiger charge is 2.20. The Bertz CT molecular complexity index is 463. The summed E-state index contributed by atoms with van der Waals surface area (Å²) < 4.78 is 5.74. The fourth-order valence-corrected chi connectivity index (χ4v) is 1.93. The van der Waals surface area contributed by atoms with Gasteiger partial charge in [-0.1, -0.05) is 39.8 Å². The number of rotatable bonds is 6. The highest BCUT2D eigenvalue weighted by atomic mass is 16.5. The van der Waals surface area contributed by atoms with Crippen LogP contribution >= 0.6 is 0 Å². The minimum Gasteiger partial charge on any atom is -0.493 e. The van der Waals surface area contributed by atoms with Crippen LogP contribution < -0.4 is 10.5 Å². The lowest BCUT2D eigenvalue weighted by molar-refractivity contribution is -0.138. The van der Waals surface area contributed by atoms with Crippen molar-refractivity contribution in [3.8, 4) is 5.75 Å². The lowest BCUT2D eigenvalue weighted by Crippen LogP contribution is -2.31. The van der Waals surface area contributed by atoms with E-state index in [2.05, 4.69) is 33.8 Å². The molecule has 0 bridgehead atoms. The number of carboxylic acid groups (broad SMARTS) is 1. The Morgan fingerprint density at radius 3 is 2.55 bits per heavy atom. The SMILES string of the molecule is CCc1ccc(OCCC(N)C(=O)O)c(C(C)(C)C)c1. The zero-order chi connectivity index (χ0) is 15.3. The Hall–Kier alpha value is -1.55. The average Bonchev–Trinajstić information content (AvgIpc) is 2.37. The van der Waals surface area contributed by atoms with Crippen LogP contribution in [0.5, 0.6) is 5.75 Å². The van der Waals surface area contributed by atoms with Crippen molar-refractivity contribution in [3.63, 3.8) is 0 Å². The molecule has 0 saturated carbocycles. The second-order valence-electron chi connectivity index (χ2n) is 6.02. The first kappa shape index (κ1) is 16.5. The van der Waals surface area contributed by atoms with Crippen LogP contribution in [0.4, 0.5) is 0 Å². The molecular formula is C16H25NO3. The summed E-state index contributed by atoms with van der Waals surface area (Å²) in [5.41, 5.74) is 7.86. The molecule has 4 nitrogen and oxygen atoms in total. The molecule has 0 saturated heterocycles. The first-order valence-corrected chi connectivity index (χ1v) is 7.00. The van der Waals surface area contributed by atoms with E-state index >= 15 is 0 Å². The molecule has 0 heterocycles. The minimum absolute atomic E-state index is 0.0184. The summed E-state index contributed by atoms with van der Waals surface area (Å²) in [6, 6.07) is 5.29. The number of carbonyl (C=O) groups is 1. The summed E-state index contributed by atoms with van der Waals surface area (Å²) in [5, 5.41) is 8.75. The van der Waals surface area contributed by atoms with Gasteiger partial charge in [-0.15, -0.1) is 0 Å². The number of hydrogen-bond donors (Lipinski definition) is 2. The van der Waals surface area contributed by atoms with Gasteiger partial charge in [0.15, 0.2) is 0 Å². The molecule has 1 aromatic rings. The summed E-state index contributed by atoms with van der Waals surface area (Å²) in [5.74, 6) is -0.182. The highest BCUT2D eigenvalue weighted by molar-refractivity contribution is 5.72. The van der Waals surface area contributed by atoms with Gasteiger partial charge in [-0.05, 0) is 29.0 Å². The van der Waals surface area contributed by atoms with Gasteiger partial charge in [-0.25, -0.2) is 0 Å². The predicted molar refractivity (Wildman–Crippen MR) is 80.2 cm³/mol. The van der Waals surface area contributed by atoms with E-state index in [0.717, 1.165) is 17.7 Å². The van der Waals surface area contributed by atoms with Crippen molar-refractivity contribution in [3.05, 3.63) is 29.3 Å². The maximum Gasteiger partial charge on any atom is 0.320 e. The molecule has 1 unspecified atom stereocenters. The molecule has 20 heavy (non-hydrogen) atoms. The summed E-state index contributed by atoms with van der Waals surface area (Å²) in [4.78, 5) is 10.7. The molecule has 0 spiro atoms. The third-order valence-electron chi connectivity index (χ3n) is 3.26. The second kappa shape index (κ2) is 6.75. The smallest absolute Gasteiger partial charge is 0.320 e. The third-order valence-corrected chi connectivity index (χ3v) is 3.26. The summed E-state index contributed by atoms with van der Waals surface area (Å²) in [7, 11) is 0. The standard InChI is InChI=1S/C16H25NO3/c1-5-11-6-7-14(12(10-11)16(2,3)4)20-9-8-13(17)15(18)19/h6-7,10,13H,5,8-9,17H2,1-4H3,(H,18,19). The van der Waals surface area contributed by atoms with E-state index < -0.39 is 12.0 Å². The van der Waals surface area contributed by atoms with E-state index in [4.69, 9.17) is 15.6 Å². The number of nitrogens with two attached hydrogens (primary N) is 1. The van der Waals surface area contributed by atoms with Crippen LogP contribution in [0.2, 0.25) is 0 Å². The summed E-state index contributed by atoms with van der Waals surface area (Å²) in [6.07, 6.45) is 1.28. The van der Waals surface area contributed by atoms with Crippen molar-refractivity contribution in [2.24, 2.45) is 5.73 Å². The van der Waals surface area contributed by atoms with E-state index in [1.807, 2.05) is 12.1 Å². The summed E-state index contributed by atoms with van der Waals surface area (Å²) >= 11 is 0. The summed E-state index contributed by atoms with van der Waals surface area (Å²) in [6.45, 7) is 8.84. The Labute approximate surface area is 120 Å². The van der Waals surface area contributed by atoms with Gasteiger partial charge in [0.2, 0.25) is 0 Å². The normalized spacial score (nSPS) is 13.1. The van der Waals surface area contributed by atoms with E-state index in [1.165, 1.54) is 5.56 Å². The average molecular weight is 279 g/mol. The molecule has 112 valence electrons. The first-order valence-electron chi connectivity index (χ1n) is 7.00. The Morgan fingerprint density at radius 2 is 2.05 bits per heavy atom. The number of ether oxygens (including phenoxy) is 1. The van der Waals surface area contributed by atoms with Crippen molar-refractivity contribution in [2.75, 3.05) is 6.61 Å². The first-order chi connectivity index (χ1) is 9.25. The zero-order valence-electron chi connectivity index (χ0n) is 12.8. The van der Waals surface area contributed by atoms with Crippen LogP contribution in [-0.2, 0) is 16.6 Å². The lowest BCUT2D eigenvalue weighted by atomic mass is 9.85. The largest absolute Gasteiger partial charge is 0.493 e. The molecular weight excluding hydrogens is 254 g/mol. The van der Waals surface area contributed by atoms with Crippen molar-refractivity contribution in [2.45, 2.75) is 52.0 Å². The van der Waals surface area contributed by atoms with Crippen molar-refractivity contribution < 1.29 is 14.6 Å². The van der Waals surface area contributed by atoms with Crippen LogP contribution in [0.3, 0.4) is 0 Å². The fourth-order valence-electron chi connectivity index (χ4n) is 1.93. The number of hydrogen-bond acceptors (Lipinski definition) is 3. The van der Waals surface area contributed by atoms with Crippen molar-refractivity contribution >= 4 is 5.97 Å². The van der Waals surface area contributed by atoms with E-state index in [-0.39, 0.29) is 5.41 Å². The van der Waals surface area contributed by atoms with Gasteiger partial charge in [0.05, 0.1) is 6.61 Å². The molecule has 1 aromatic carbocycles.